The second kappa shape index (κ2) is 5.88. The number of aliphatic hydroxyl groups excluding tert-OH is 2. The minimum atomic E-state index is -1.44. The first-order valence-corrected chi connectivity index (χ1v) is 5.42. The lowest BCUT2D eigenvalue weighted by molar-refractivity contribution is -0.387. The van der Waals surface area contributed by atoms with E-state index in [-0.39, 0.29) is 6.07 Å². The Morgan fingerprint density at radius 3 is 2.35 bits per heavy atom. The smallest absolute Gasteiger partial charge is 0.305 e. The second-order valence-electron chi connectivity index (χ2n) is 4.37. The third-order valence-corrected chi connectivity index (χ3v) is 2.59. The molecule has 0 saturated carbocycles. The summed E-state index contributed by atoms with van der Waals surface area (Å²) < 4.78 is 26.6. The molecule has 1 aromatic rings. The van der Waals surface area contributed by atoms with Crippen LogP contribution in [0.15, 0.2) is 12.1 Å². The van der Waals surface area contributed by atoms with Crippen LogP contribution < -0.4 is 5.32 Å². The van der Waals surface area contributed by atoms with Crippen molar-refractivity contribution < 1.29 is 28.7 Å². The number of benzene rings is 1. The molecule has 0 atom stereocenters. The summed E-state index contributed by atoms with van der Waals surface area (Å²) in [5.41, 5.74) is -3.25. The molecule has 0 saturated heterocycles. The number of hydrogen-bond donors (Lipinski definition) is 3. The van der Waals surface area contributed by atoms with E-state index in [0.29, 0.717) is 6.07 Å². The highest BCUT2D eigenvalue weighted by atomic mass is 19.1. The minimum Gasteiger partial charge on any atom is -0.394 e. The Morgan fingerprint density at radius 2 is 1.90 bits per heavy atom. The number of hydrogen-bond acceptors (Lipinski definition) is 5. The fourth-order valence-corrected chi connectivity index (χ4v) is 1.32. The molecule has 3 N–H and O–H groups in total. The molecule has 9 heteroatoms. The minimum absolute atomic E-state index is 0.224. The standard InChI is InChI=1S/C11H12F2N2O5/c1-11(4-16,5-17)14-10(18)6-2-9(15(19)20)8(13)3-7(6)12/h2-3,16-17H,4-5H2,1H3,(H,14,18). The van der Waals surface area contributed by atoms with Crippen molar-refractivity contribution in [1.82, 2.24) is 5.32 Å². The monoisotopic (exact) mass is 290 g/mol. The van der Waals surface area contributed by atoms with Crippen LogP contribution in [0.25, 0.3) is 0 Å². The lowest BCUT2D eigenvalue weighted by Crippen LogP contribution is -2.51. The molecule has 1 aromatic carbocycles. The molecule has 0 aliphatic carbocycles. The number of amides is 1. The normalized spacial score (nSPS) is 11.2. The molecule has 0 aliphatic heterocycles. The summed E-state index contributed by atoms with van der Waals surface area (Å²) in [7, 11) is 0. The van der Waals surface area contributed by atoms with Gasteiger partial charge in [0.25, 0.3) is 5.91 Å². The maximum atomic E-state index is 13.5. The topological polar surface area (TPSA) is 113 Å². The Kier molecular flexibility index (Phi) is 4.69. The number of halogens is 2. The maximum absolute atomic E-state index is 13.5. The van der Waals surface area contributed by atoms with Gasteiger partial charge in [-0.25, -0.2) is 4.39 Å². The third kappa shape index (κ3) is 3.25. The molecule has 0 spiro atoms. The number of carbonyl (C=O) groups is 1. The molecule has 7 nitrogen and oxygen atoms in total. The van der Waals surface area contributed by atoms with Crippen molar-refractivity contribution in [2.24, 2.45) is 0 Å². The van der Waals surface area contributed by atoms with Gasteiger partial charge in [0.2, 0.25) is 5.82 Å². The number of carbonyl (C=O) groups excluding carboxylic acids is 1. The van der Waals surface area contributed by atoms with Crippen LogP contribution in [0.4, 0.5) is 14.5 Å². The largest absolute Gasteiger partial charge is 0.394 e. The SMILES string of the molecule is CC(CO)(CO)NC(=O)c1cc([N+](=O)[O-])c(F)cc1F. The first-order chi connectivity index (χ1) is 9.24. The van der Waals surface area contributed by atoms with E-state index in [4.69, 9.17) is 10.2 Å². The van der Waals surface area contributed by atoms with Gasteiger partial charge in [0, 0.05) is 12.1 Å². The molecule has 1 amide bonds. The van der Waals surface area contributed by atoms with Crippen LogP contribution in [-0.4, -0.2) is 39.8 Å². The summed E-state index contributed by atoms with van der Waals surface area (Å²) in [4.78, 5) is 21.2. The third-order valence-electron chi connectivity index (χ3n) is 2.59. The highest BCUT2D eigenvalue weighted by Gasteiger charge is 2.28. The van der Waals surface area contributed by atoms with Gasteiger partial charge in [-0.15, -0.1) is 0 Å². The number of aliphatic hydroxyl groups is 2. The Bertz CT molecular complexity index is 546. The van der Waals surface area contributed by atoms with E-state index in [2.05, 4.69) is 5.32 Å². The van der Waals surface area contributed by atoms with Crippen molar-refractivity contribution in [1.29, 1.82) is 0 Å². The molecule has 0 heterocycles. The summed E-state index contributed by atoms with van der Waals surface area (Å²) in [5.74, 6) is -3.81. The summed E-state index contributed by atoms with van der Waals surface area (Å²) in [6.07, 6.45) is 0. The van der Waals surface area contributed by atoms with E-state index in [1.54, 1.807) is 0 Å². The van der Waals surface area contributed by atoms with Crippen LogP contribution in [0.2, 0.25) is 0 Å². The highest BCUT2D eigenvalue weighted by Crippen LogP contribution is 2.22. The van der Waals surface area contributed by atoms with Crippen molar-refractivity contribution in [3.8, 4) is 0 Å². The number of nitro benzene ring substituents is 1. The van der Waals surface area contributed by atoms with Gasteiger partial charge in [0.1, 0.15) is 5.82 Å². The van der Waals surface area contributed by atoms with Crippen LogP contribution in [0.3, 0.4) is 0 Å². The molecular weight excluding hydrogens is 278 g/mol. The fourth-order valence-electron chi connectivity index (χ4n) is 1.32. The van der Waals surface area contributed by atoms with Crippen molar-refractivity contribution in [3.63, 3.8) is 0 Å². The van der Waals surface area contributed by atoms with Gasteiger partial charge in [-0.3, -0.25) is 14.9 Å². The lowest BCUT2D eigenvalue weighted by atomic mass is 10.0. The molecule has 0 bridgehead atoms. The van der Waals surface area contributed by atoms with E-state index in [1.165, 1.54) is 6.92 Å². The lowest BCUT2D eigenvalue weighted by Gasteiger charge is -2.26. The van der Waals surface area contributed by atoms with Crippen molar-refractivity contribution in [2.45, 2.75) is 12.5 Å². The number of rotatable bonds is 5. The van der Waals surface area contributed by atoms with Crippen LogP contribution in [0.5, 0.6) is 0 Å². The Morgan fingerprint density at radius 1 is 1.35 bits per heavy atom. The second-order valence-corrected chi connectivity index (χ2v) is 4.37. The van der Waals surface area contributed by atoms with Gasteiger partial charge in [0.15, 0.2) is 0 Å². The molecular formula is C11H12F2N2O5. The van der Waals surface area contributed by atoms with E-state index in [0.717, 1.165) is 0 Å². The fraction of sp³-hybridized carbons (Fsp3) is 0.364. The van der Waals surface area contributed by atoms with Crippen LogP contribution in [-0.2, 0) is 0 Å². The van der Waals surface area contributed by atoms with E-state index in [1.807, 2.05) is 0 Å². The number of nitrogens with zero attached hydrogens (tertiary/aromatic N) is 1. The van der Waals surface area contributed by atoms with Crippen molar-refractivity contribution >= 4 is 11.6 Å². The number of nitro groups is 1. The summed E-state index contributed by atoms with van der Waals surface area (Å²) >= 11 is 0. The molecule has 0 unspecified atom stereocenters. The van der Waals surface area contributed by atoms with Crippen LogP contribution >= 0.6 is 0 Å². The van der Waals surface area contributed by atoms with Crippen LogP contribution in [0, 0.1) is 21.7 Å². The average molecular weight is 290 g/mol. The van der Waals surface area contributed by atoms with Gasteiger partial charge < -0.3 is 15.5 Å². The van der Waals surface area contributed by atoms with Gasteiger partial charge >= 0.3 is 5.69 Å². The van der Waals surface area contributed by atoms with Gasteiger partial charge in [0.05, 0.1) is 29.2 Å². The molecule has 0 aliphatic rings. The first kappa shape index (κ1) is 15.9. The Hall–Kier alpha value is -2.13. The zero-order valence-corrected chi connectivity index (χ0v) is 10.4. The van der Waals surface area contributed by atoms with Gasteiger partial charge in [-0.2, -0.15) is 4.39 Å². The van der Waals surface area contributed by atoms with Crippen molar-refractivity contribution in [3.05, 3.63) is 39.4 Å². The predicted molar refractivity (Wildman–Crippen MR) is 63.1 cm³/mol. The molecule has 0 fully saturated rings. The quantitative estimate of drug-likeness (QED) is 0.535. The van der Waals surface area contributed by atoms with E-state index < -0.39 is 52.5 Å². The predicted octanol–water partition coefficient (Wildman–Crippen LogP) is 0.346. The van der Waals surface area contributed by atoms with Crippen LogP contribution in [0.1, 0.15) is 17.3 Å². The molecule has 0 radical (unpaired) electrons. The zero-order valence-electron chi connectivity index (χ0n) is 10.4. The molecule has 1 rings (SSSR count). The van der Waals surface area contributed by atoms with E-state index >= 15 is 0 Å². The zero-order chi connectivity index (χ0) is 15.5. The summed E-state index contributed by atoms with van der Waals surface area (Å²) in [6, 6.07) is 0.678. The Labute approximate surface area is 112 Å². The Balaban J connectivity index is 3.16. The first-order valence-electron chi connectivity index (χ1n) is 5.42. The number of nitrogens with one attached hydrogen (secondary N) is 1. The molecule has 110 valence electrons. The van der Waals surface area contributed by atoms with E-state index in [9.17, 15) is 23.7 Å². The summed E-state index contributed by atoms with van der Waals surface area (Å²) in [5, 5.41) is 30.6. The van der Waals surface area contributed by atoms with Crippen molar-refractivity contribution in [2.75, 3.05) is 13.2 Å². The maximum Gasteiger partial charge on any atom is 0.305 e. The molecule has 20 heavy (non-hydrogen) atoms. The summed E-state index contributed by atoms with van der Waals surface area (Å²) in [6.45, 7) is 0.00103. The molecule has 0 aromatic heterocycles. The van der Waals surface area contributed by atoms with Gasteiger partial charge in [-0.1, -0.05) is 0 Å². The van der Waals surface area contributed by atoms with Gasteiger partial charge in [-0.05, 0) is 6.92 Å². The highest BCUT2D eigenvalue weighted by molar-refractivity contribution is 5.95. The average Bonchev–Trinajstić information content (AvgIpc) is 2.37.